The van der Waals surface area contributed by atoms with Crippen LogP contribution < -0.4 is 5.32 Å². The van der Waals surface area contributed by atoms with Gasteiger partial charge in [-0.05, 0) is 34.1 Å². The second-order valence-corrected chi connectivity index (χ2v) is 4.80. The Morgan fingerprint density at radius 3 is 2.79 bits per heavy atom. The summed E-state index contributed by atoms with van der Waals surface area (Å²) in [5.74, 6) is 1.09. The number of hydrogen-bond donors (Lipinski definition) is 2. The van der Waals surface area contributed by atoms with E-state index in [1.165, 1.54) is 0 Å². The Morgan fingerprint density at radius 1 is 1.53 bits per heavy atom. The Morgan fingerprint density at radius 2 is 2.21 bits per heavy atom. The van der Waals surface area contributed by atoms with Crippen LogP contribution in [0.25, 0.3) is 0 Å². The third-order valence-corrected chi connectivity index (χ3v) is 2.99. The number of terminal acetylenes is 1. The van der Waals surface area contributed by atoms with E-state index in [0.29, 0.717) is 15.2 Å². The van der Waals surface area contributed by atoms with Gasteiger partial charge >= 0.3 is 12.0 Å². The highest BCUT2D eigenvalue weighted by molar-refractivity contribution is 9.10. The molecule has 0 aliphatic heterocycles. The molecule has 0 fully saturated rings. The summed E-state index contributed by atoms with van der Waals surface area (Å²) in [4.78, 5) is 23.5. The minimum absolute atomic E-state index is 0.101. The lowest BCUT2D eigenvalue weighted by molar-refractivity contribution is -0.137. The minimum Gasteiger partial charge on any atom is -0.480 e. The fourth-order valence-electron chi connectivity index (χ4n) is 1.26. The molecular weight excluding hydrogens is 336 g/mol. The van der Waals surface area contributed by atoms with Crippen molar-refractivity contribution in [2.24, 2.45) is 0 Å². The molecule has 0 bridgehead atoms. The molecule has 5 nitrogen and oxygen atoms in total. The molecule has 0 aromatic heterocycles. The Labute approximate surface area is 123 Å². The third-order valence-electron chi connectivity index (χ3n) is 2.07. The molecule has 0 spiro atoms. The summed E-state index contributed by atoms with van der Waals surface area (Å²) in [6.45, 7) is -0.579. The van der Waals surface area contributed by atoms with Crippen LogP contribution in [0.5, 0.6) is 0 Å². The molecule has 7 heteroatoms. The summed E-state index contributed by atoms with van der Waals surface area (Å²) in [5.41, 5.74) is 0.435. The highest BCUT2D eigenvalue weighted by Gasteiger charge is 2.16. The fraction of sp³-hybridized carbons (Fsp3) is 0.167. The van der Waals surface area contributed by atoms with Crippen LogP contribution in [-0.2, 0) is 4.79 Å². The molecule has 0 saturated carbocycles. The summed E-state index contributed by atoms with van der Waals surface area (Å²) >= 11 is 9.06. The lowest BCUT2D eigenvalue weighted by atomic mass is 10.3. The highest BCUT2D eigenvalue weighted by atomic mass is 79.9. The molecule has 1 aromatic rings. The van der Waals surface area contributed by atoms with Crippen LogP contribution in [0.1, 0.15) is 0 Å². The first-order valence-electron chi connectivity index (χ1n) is 5.10. The van der Waals surface area contributed by atoms with E-state index in [9.17, 15) is 9.59 Å². The van der Waals surface area contributed by atoms with Crippen LogP contribution in [-0.4, -0.2) is 35.1 Å². The summed E-state index contributed by atoms with van der Waals surface area (Å²) in [6, 6.07) is 4.25. The molecular formula is C12H10BrClN2O3. The predicted octanol–water partition coefficient (Wildman–Crippen LogP) is 2.65. The Balaban J connectivity index is 2.84. The number of carbonyl (C=O) groups excluding carboxylic acids is 1. The van der Waals surface area contributed by atoms with Crippen LogP contribution in [0.4, 0.5) is 10.5 Å². The number of anilines is 1. The van der Waals surface area contributed by atoms with Gasteiger partial charge in [0.25, 0.3) is 0 Å². The molecule has 0 aliphatic carbocycles. The third kappa shape index (κ3) is 4.81. The Bertz CT molecular complexity index is 542. The van der Waals surface area contributed by atoms with Crippen molar-refractivity contribution in [2.45, 2.75) is 0 Å². The number of carboxylic acids is 1. The van der Waals surface area contributed by atoms with Crippen LogP contribution in [0.2, 0.25) is 5.02 Å². The first-order chi connectivity index (χ1) is 8.93. The van der Waals surface area contributed by atoms with E-state index in [2.05, 4.69) is 27.2 Å². The lowest BCUT2D eigenvalue weighted by Gasteiger charge is -2.19. The molecule has 0 unspecified atom stereocenters. The number of halogens is 2. The van der Waals surface area contributed by atoms with Gasteiger partial charge in [-0.1, -0.05) is 17.5 Å². The molecule has 1 aromatic carbocycles. The summed E-state index contributed by atoms with van der Waals surface area (Å²) in [6.07, 6.45) is 5.10. The Kier molecular flexibility index (Phi) is 5.67. The number of nitrogens with zero attached hydrogens (tertiary/aromatic N) is 1. The van der Waals surface area contributed by atoms with E-state index in [1.807, 2.05) is 0 Å². The molecule has 0 atom stereocenters. The number of carbonyl (C=O) groups is 2. The number of benzene rings is 1. The first-order valence-corrected chi connectivity index (χ1v) is 6.27. The maximum Gasteiger partial charge on any atom is 0.323 e. The second-order valence-electron chi connectivity index (χ2n) is 3.51. The van der Waals surface area contributed by atoms with Gasteiger partial charge in [0.05, 0.1) is 12.2 Å². The van der Waals surface area contributed by atoms with Gasteiger partial charge in [-0.2, -0.15) is 0 Å². The van der Waals surface area contributed by atoms with E-state index < -0.39 is 18.5 Å². The molecule has 2 amide bonds. The average Bonchev–Trinajstić information content (AvgIpc) is 2.32. The molecule has 0 heterocycles. The van der Waals surface area contributed by atoms with Crippen molar-refractivity contribution in [1.82, 2.24) is 4.90 Å². The zero-order valence-electron chi connectivity index (χ0n) is 9.69. The average molecular weight is 346 g/mol. The predicted molar refractivity (Wildman–Crippen MR) is 76.2 cm³/mol. The van der Waals surface area contributed by atoms with Crippen LogP contribution in [0.3, 0.4) is 0 Å². The summed E-state index contributed by atoms with van der Waals surface area (Å²) < 4.78 is 0.626. The van der Waals surface area contributed by atoms with Gasteiger partial charge in [0.1, 0.15) is 6.54 Å². The summed E-state index contributed by atoms with van der Waals surface area (Å²) in [7, 11) is 0. The zero-order chi connectivity index (χ0) is 14.4. The van der Waals surface area contributed by atoms with E-state index in [-0.39, 0.29) is 6.54 Å². The fourth-order valence-corrected chi connectivity index (χ4v) is 1.78. The SMILES string of the molecule is C#CCN(CC(=O)O)C(=O)Nc1cc(Cl)ccc1Br. The normalized spacial score (nSPS) is 9.53. The van der Waals surface area contributed by atoms with Gasteiger partial charge in [-0.3, -0.25) is 4.79 Å². The van der Waals surface area contributed by atoms with Gasteiger partial charge in [-0.15, -0.1) is 6.42 Å². The van der Waals surface area contributed by atoms with Crippen molar-refractivity contribution >= 4 is 45.2 Å². The van der Waals surface area contributed by atoms with E-state index in [1.54, 1.807) is 18.2 Å². The molecule has 1 rings (SSSR count). The topological polar surface area (TPSA) is 69.6 Å². The lowest BCUT2D eigenvalue weighted by Crippen LogP contribution is -2.39. The number of amides is 2. The van der Waals surface area contributed by atoms with Gasteiger partial charge in [-0.25, -0.2) is 4.79 Å². The largest absolute Gasteiger partial charge is 0.480 e. The standard InChI is InChI=1S/C12H10BrClN2O3/c1-2-5-16(7-11(17)18)12(19)15-10-6-8(14)3-4-9(10)13/h1,3-4,6H,5,7H2,(H,15,19)(H,17,18). The van der Waals surface area contributed by atoms with E-state index in [0.717, 1.165) is 4.90 Å². The van der Waals surface area contributed by atoms with Crippen molar-refractivity contribution in [3.8, 4) is 12.3 Å². The Hall–Kier alpha value is -1.71. The van der Waals surface area contributed by atoms with Crippen molar-refractivity contribution < 1.29 is 14.7 Å². The van der Waals surface area contributed by atoms with Crippen molar-refractivity contribution in [1.29, 1.82) is 0 Å². The maximum atomic E-state index is 11.9. The number of rotatable bonds is 4. The monoisotopic (exact) mass is 344 g/mol. The number of aliphatic carboxylic acids is 1. The molecule has 2 N–H and O–H groups in total. The van der Waals surface area contributed by atoms with Crippen LogP contribution in [0, 0.1) is 12.3 Å². The molecule has 19 heavy (non-hydrogen) atoms. The molecule has 0 saturated heterocycles. The molecule has 100 valence electrons. The number of urea groups is 1. The van der Waals surface area contributed by atoms with E-state index in [4.69, 9.17) is 23.1 Å². The zero-order valence-corrected chi connectivity index (χ0v) is 12.0. The number of carboxylic acid groups (broad SMARTS) is 1. The minimum atomic E-state index is -1.14. The number of nitrogens with one attached hydrogen (secondary N) is 1. The second kappa shape index (κ2) is 7.02. The van der Waals surface area contributed by atoms with Crippen LogP contribution in [0.15, 0.2) is 22.7 Å². The van der Waals surface area contributed by atoms with Gasteiger partial charge < -0.3 is 15.3 Å². The quantitative estimate of drug-likeness (QED) is 0.824. The van der Waals surface area contributed by atoms with E-state index >= 15 is 0 Å². The highest BCUT2D eigenvalue weighted by Crippen LogP contribution is 2.26. The first kappa shape index (κ1) is 15.3. The maximum absolute atomic E-state index is 11.9. The molecule has 0 radical (unpaired) electrons. The number of hydrogen-bond acceptors (Lipinski definition) is 2. The van der Waals surface area contributed by atoms with Gasteiger partial charge in [0.15, 0.2) is 0 Å². The van der Waals surface area contributed by atoms with Crippen molar-refractivity contribution in [3.63, 3.8) is 0 Å². The van der Waals surface area contributed by atoms with Crippen molar-refractivity contribution in [2.75, 3.05) is 18.4 Å². The smallest absolute Gasteiger partial charge is 0.323 e. The molecule has 0 aliphatic rings. The van der Waals surface area contributed by atoms with Gasteiger partial charge in [0.2, 0.25) is 0 Å². The van der Waals surface area contributed by atoms with Crippen LogP contribution >= 0.6 is 27.5 Å². The van der Waals surface area contributed by atoms with Crippen molar-refractivity contribution in [3.05, 3.63) is 27.7 Å². The summed E-state index contributed by atoms with van der Waals surface area (Å²) in [5, 5.41) is 11.7. The van der Waals surface area contributed by atoms with Gasteiger partial charge in [0, 0.05) is 9.50 Å².